The summed E-state index contributed by atoms with van der Waals surface area (Å²) in [6.07, 6.45) is 2.83. The fourth-order valence-corrected chi connectivity index (χ4v) is 3.78. The van der Waals surface area contributed by atoms with Gasteiger partial charge in [-0.3, -0.25) is 4.79 Å². The van der Waals surface area contributed by atoms with Gasteiger partial charge < -0.3 is 19.2 Å². The predicted octanol–water partition coefficient (Wildman–Crippen LogP) is 3.70. The predicted molar refractivity (Wildman–Crippen MR) is 110 cm³/mol. The Labute approximate surface area is 173 Å². The van der Waals surface area contributed by atoms with Crippen LogP contribution in [0.3, 0.4) is 0 Å². The number of rotatable bonds is 8. The monoisotopic (exact) mass is 423 g/mol. The fourth-order valence-electron chi connectivity index (χ4n) is 2.83. The van der Waals surface area contributed by atoms with Crippen molar-refractivity contribution in [2.75, 3.05) is 25.2 Å². The molecule has 28 heavy (non-hydrogen) atoms. The average molecular weight is 424 g/mol. The smallest absolute Gasteiger partial charge is 0.277 e. The van der Waals surface area contributed by atoms with Crippen LogP contribution in [0.4, 0.5) is 0 Å². The van der Waals surface area contributed by atoms with Crippen LogP contribution < -0.4 is 14.8 Å². The van der Waals surface area contributed by atoms with E-state index in [9.17, 15) is 4.79 Å². The topological polar surface area (TPSA) is 86.5 Å². The summed E-state index contributed by atoms with van der Waals surface area (Å²) < 4.78 is 17.0. The Hall–Kier alpha value is -1.87. The van der Waals surface area contributed by atoms with Gasteiger partial charge in [-0.25, -0.2) is 0 Å². The molecule has 7 nitrogen and oxygen atoms in total. The zero-order chi connectivity index (χ0) is 19.9. The number of aromatic nitrogens is 2. The molecule has 2 heterocycles. The Kier molecular flexibility index (Phi) is 7.50. The molecule has 0 bridgehead atoms. The van der Waals surface area contributed by atoms with Crippen molar-refractivity contribution in [3.8, 4) is 11.5 Å². The lowest BCUT2D eigenvalue weighted by Gasteiger charge is -2.23. The van der Waals surface area contributed by atoms with Gasteiger partial charge in [0.2, 0.25) is 11.8 Å². The molecule has 0 aliphatic carbocycles. The zero-order valence-electron chi connectivity index (χ0n) is 16.3. The van der Waals surface area contributed by atoms with E-state index < -0.39 is 0 Å². The van der Waals surface area contributed by atoms with Crippen LogP contribution in [-0.4, -0.2) is 41.3 Å². The van der Waals surface area contributed by atoms with E-state index in [4.69, 9.17) is 13.9 Å². The number of thioether (sulfide) groups is 2. The summed E-state index contributed by atoms with van der Waals surface area (Å²) >= 11 is 2.85. The Bertz CT molecular complexity index is 797. The number of fused-ring (bicyclic) bond motifs is 1. The highest BCUT2D eigenvalue weighted by Gasteiger charge is 2.21. The van der Waals surface area contributed by atoms with Crippen LogP contribution in [0.25, 0.3) is 0 Å². The van der Waals surface area contributed by atoms with Gasteiger partial charge >= 0.3 is 0 Å². The molecule has 1 unspecified atom stereocenters. The number of benzene rings is 1. The standard InChI is InChI=1S/C19H25N3O4S2/c1-12(2)18(13-5-6-14-15(9-13)25-8-4-7-24-14)20-16(23)10-28-19-22-21-17(26-19)11-27-3/h5-6,9,12,18H,4,7-8,10-11H2,1-3H3,(H,20,23). The van der Waals surface area contributed by atoms with Gasteiger partial charge in [-0.2, -0.15) is 11.8 Å². The second kappa shape index (κ2) is 10.1. The first-order chi connectivity index (χ1) is 13.6. The molecule has 9 heteroatoms. The quantitative estimate of drug-likeness (QED) is 0.643. The Morgan fingerprint density at radius 2 is 2.00 bits per heavy atom. The van der Waals surface area contributed by atoms with Crippen LogP contribution in [-0.2, 0) is 10.5 Å². The number of nitrogens with zero attached hydrogens (tertiary/aromatic N) is 2. The molecule has 1 aliphatic heterocycles. The lowest BCUT2D eigenvalue weighted by molar-refractivity contribution is -0.119. The van der Waals surface area contributed by atoms with Gasteiger partial charge in [0.1, 0.15) is 0 Å². The van der Waals surface area contributed by atoms with E-state index >= 15 is 0 Å². The van der Waals surface area contributed by atoms with Crippen molar-refractivity contribution in [1.82, 2.24) is 15.5 Å². The highest BCUT2D eigenvalue weighted by molar-refractivity contribution is 7.99. The Morgan fingerprint density at radius 3 is 2.75 bits per heavy atom. The number of hydrogen-bond donors (Lipinski definition) is 1. The highest BCUT2D eigenvalue weighted by Crippen LogP contribution is 2.34. The van der Waals surface area contributed by atoms with Crippen molar-refractivity contribution < 1.29 is 18.7 Å². The van der Waals surface area contributed by atoms with E-state index in [1.54, 1.807) is 11.8 Å². The molecule has 0 radical (unpaired) electrons. The molecule has 1 aromatic heterocycles. The number of carbonyl (C=O) groups is 1. The van der Waals surface area contributed by atoms with Crippen LogP contribution in [0.1, 0.15) is 37.8 Å². The normalized spacial score (nSPS) is 14.6. The summed E-state index contributed by atoms with van der Waals surface area (Å²) in [7, 11) is 0. The third-order valence-corrected chi connectivity index (χ3v) is 5.51. The van der Waals surface area contributed by atoms with Crippen LogP contribution in [0, 0.1) is 5.92 Å². The van der Waals surface area contributed by atoms with Crippen LogP contribution in [0.2, 0.25) is 0 Å². The maximum absolute atomic E-state index is 12.5. The highest BCUT2D eigenvalue weighted by atomic mass is 32.2. The lowest BCUT2D eigenvalue weighted by atomic mass is 9.95. The Balaban J connectivity index is 1.62. The minimum absolute atomic E-state index is 0.0829. The second-order valence-electron chi connectivity index (χ2n) is 6.73. The number of amides is 1. The molecule has 0 fully saturated rings. The number of hydrogen-bond acceptors (Lipinski definition) is 8. The summed E-state index contributed by atoms with van der Waals surface area (Å²) in [6, 6.07) is 5.74. The SMILES string of the molecule is CSCc1nnc(SCC(=O)NC(c2ccc3c(c2)OCCCO3)C(C)C)o1. The van der Waals surface area contributed by atoms with E-state index in [1.807, 2.05) is 24.5 Å². The molecule has 2 aromatic rings. The van der Waals surface area contributed by atoms with Gasteiger partial charge in [0.15, 0.2) is 11.5 Å². The first-order valence-electron chi connectivity index (χ1n) is 9.20. The first-order valence-corrected chi connectivity index (χ1v) is 11.6. The van der Waals surface area contributed by atoms with Crippen molar-refractivity contribution in [2.24, 2.45) is 5.92 Å². The number of carbonyl (C=O) groups excluding carboxylic acids is 1. The van der Waals surface area contributed by atoms with Gasteiger partial charge in [-0.1, -0.05) is 31.7 Å². The lowest BCUT2D eigenvalue weighted by Crippen LogP contribution is -2.33. The molecule has 1 amide bonds. The summed E-state index contributed by atoms with van der Waals surface area (Å²) in [5, 5.41) is 11.4. The third kappa shape index (κ3) is 5.57. The van der Waals surface area contributed by atoms with Gasteiger partial charge in [-0.15, -0.1) is 10.2 Å². The van der Waals surface area contributed by atoms with E-state index in [0.29, 0.717) is 30.1 Å². The molecule has 0 saturated heterocycles. The summed E-state index contributed by atoms with van der Waals surface area (Å²) in [4.78, 5) is 12.5. The van der Waals surface area contributed by atoms with Crippen LogP contribution in [0.5, 0.6) is 11.5 Å². The fraction of sp³-hybridized carbons (Fsp3) is 0.526. The van der Waals surface area contributed by atoms with Crippen molar-refractivity contribution in [1.29, 1.82) is 0 Å². The molecule has 0 spiro atoms. The molecule has 1 aromatic carbocycles. The van der Waals surface area contributed by atoms with Crippen molar-refractivity contribution in [3.63, 3.8) is 0 Å². The van der Waals surface area contributed by atoms with Gasteiger partial charge in [0.05, 0.1) is 30.8 Å². The van der Waals surface area contributed by atoms with E-state index in [2.05, 4.69) is 29.4 Å². The van der Waals surface area contributed by atoms with E-state index in [0.717, 1.165) is 23.5 Å². The van der Waals surface area contributed by atoms with Crippen molar-refractivity contribution in [2.45, 2.75) is 37.3 Å². The molecule has 1 aliphatic rings. The molecule has 1 N–H and O–H groups in total. The summed E-state index contributed by atoms with van der Waals surface area (Å²) in [5.74, 6) is 3.08. The molecule has 0 saturated carbocycles. The minimum atomic E-state index is -0.125. The van der Waals surface area contributed by atoms with Crippen molar-refractivity contribution in [3.05, 3.63) is 29.7 Å². The maximum Gasteiger partial charge on any atom is 0.277 e. The van der Waals surface area contributed by atoms with Crippen molar-refractivity contribution >= 4 is 29.4 Å². The van der Waals surface area contributed by atoms with Crippen LogP contribution in [0.15, 0.2) is 27.8 Å². The van der Waals surface area contributed by atoms with Gasteiger partial charge in [-0.05, 0) is 29.9 Å². The van der Waals surface area contributed by atoms with E-state index in [-0.39, 0.29) is 23.6 Å². The molecular weight excluding hydrogens is 398 g/mol. The zero-order valence-corrected chi connectivity index (χ0v) is 17.9. The number of nitrogens with one attached hydrogen (secondary N) is 1. The molecule has 1 atom stereocenters. The molecular formula is C19H25N3O4S2. The summed E-state index contributed by atoms with van der Waals surface area (Å²) in [5.41, 5.74) is 0.998. The minimum Gasteiger partial charge on any atom is -0.490 e. The summed E-state index contributed by atoms with van der Waals surface area (Å²) in [6.45, 7) is 5.44. The van der Waals surface area contributed by atoms with E-state index in [1.165, 1.54) is 11.8 Å². The average Bonchev–Trinajstić information content (AvgIpc) is 2.99. The van der Waals surface area contributed by atoms with Gasteiger partial charge in [0.25, 0.3) is 5.22 Å². The second-order valence-corrected chi connectivity index (χ2v) is 8.52. The van der Waals surface area contributed by atoms with Crippen LogP contribution >= 0.6 is 23.5 Å². The Morgan fingerprint density at radius 1 is 1.21 bits per heavy atom. The molecule has 152 valence electrons. The maximum atomic E-state index is 12.5. The first kappa shape index (κ1) is 20.9. The third-order valence-electron chi connectivity index (χ3n) is 4.16. The number of ether oxygens (including phenoxy) is 2. The van der Waals surface area contributed by atoms with Gasteiger partial charge in [0, 0.05) is 6.42 Å². The largest absolute Gasteiger partial charge is 0.490 e. The molecule has 3 rings (SSSR count).